The summed E-state index contributed by atoms with van der Waals surface area (Å²) in [7, 11) is 0. The number of rotatable bonds is 6. The Balaban J connectivity index is 1.73. The Morgan fingerprint density at radius 2 is 2.06 bits per heavy atom. The predicted molar refractivity (Wildman–Crippen MR) is 120 cm³/mol. The summed E-state index contributed by atoms with van der Waals surface area (Å²) < 4.78 is 21.9. The van der Waals surface area contributed by atoms with Crippen LogP contribution in [0.5, 0.6) is 11.5 Å². The van der Waals surface area contributed by atoms with Gasteiger partial charge in [0.2, 0.25) is 11.7 Å². The Morgan fingerprint density at radius 1 is 1.26 bits per heavy atom. The minimum Gasteiger partial charge on any atom is -0.490 e. The van der Waals surface area contributed by atoms with Crippen LogP contribution in [0.15, 0.2) is 45.9 Å². The second-order valence-electron chi connectivity index (χ2n) is 6.68. The van der Waals surface area contributed by atoms with Gasteiger partial charge in [-0.3, -0.25) is 5.41 Å². The van der Waals surface area contributed by atoms with Crippen molar-refractivity contribution < 1.29 is 18.7 Å². The van der Waals surface area contributed by atoms with Gasteiger partial charge in [0.25, 0.3) is 0 Å². The first-order valence-corrected chi connectivity index (χ1v) is 10.9. The Bertz CT molecular complexity index is 1130. The molecule has 1 aliphatic rings. The van der Waals surface area contributed by atoms with Gasteiger partial charge in [-0.2, -0.15) is 4.98 Å². The van der Waals surface area contributed by atoms with Crippen molar-refractivity contribution in [2.45, 2.75) is 20.5 Å². The zero-order valence-corrected chi connectivity index (χ0v) is 18.3. The molecule has 0 atom stereocenters. The maximum atomic E-state index is 8.47. The number of aromatic nitrogens is 2. The number of aliphatic imine (C=N–C) groups is 1. The number of fused-ring (bicyclic) bond motifs is 1. The van der Waals surface area contributed by atoms with Crippen LogP contribution in [0.3, 0.4) is 0 Å². The van der Waals surface area contributed by atoms with Crippen molar-refractivity contribution >= 4 is 28.2 Å². The summed E-state index contributed by atoms with van der Waals surface area (Å²) in [6, 6.07) is 11.3. The highest BCUT2D eigenvalue weighted by atomic mass is 32.2. The number of nitrogens with one attached hydrogen (secondary N) is 1. The van der Waals surface area contributed by atoms with Gasteiger partial charge in [0.05, 0.1) is 18.9 Å². The van der Waals surface area contributed by atoms with E-state index in [0.29, 0.717) is 52.9 Å². The van der Waals surface area contributed by atoms with E-state index in [1.807, 2.05) is 49.6 Å². The van der Waals surface area contributed by atoms with Crippen molar-refractivity contribution in [2.75, 3.05) is 19.7 Å². The summed E-state index contributed by atoms with van der Waals surface area (Å²) in [6.45, 7) is 4.79. The fourth-order valence-electron chi connectivity index (χ4n) is 3.16. The van der Waals surface area contributed by atoms with E-state index in [4.69, 9.17) is 29.1 Å². The zero-order chi connectivity index (χ0) is 21.8. The van der Waals surface area contributed by atoms with E-state index < -0.39 is 0 Å². The third-order valence-corrected chi connectivity index (χ3v) is 5.16. The summed E-state index contributed by atoms with van der Waals surface area (Å²) in [5, 5.41) is 12.8. The molecule has 8 nitrogen and oxygen atoms in total. The molecule has 160 valence electrons. The third kappa shape index (κ3) is 4.62. The molecular weight excluding hydrogens is 416 g/mol. The van der Waals surface area contributed by atoms with Gasteiger partial charge in [-0.25, -0.2) is 4.99 Å². The number of aryl methyl sites for hydroxylation is 1. The van der Waals surface area contributed by atoms with E-state index in [2.05, 4.69) is 10.1 Å². The molecule has 4 rings (SSSR count). The van der Waals surface area contributed by atoms with Crippen LogP contribution in [0, 0.1) is 12.3 Å². The fraction of sp³-hybridized carbons (Fsp3) is 0.273. The van der Waals surface area contributed by atoms with E-state index in [-0.39, 0.29) is 6.79 Å². The second-order valence-corrected chi connectivity index (χ2v) is 7.50. The van der Waals surface area contributed by atoms with Gasteiger partial charge >= 0.3 is 0 Å². The fourth-order valence-corrected chi connectivity index (χ4v) is 3.51. The van der Waals surface area contributed by atoms with E-state index in [0.717, 1.165) is 16.7 Å². The molecule has 9 heteroatoms. The predicted octanol–water partition coefficient (Wildman–Crippen LogP) is 4.77. The maximum absolute atomic E-state index is 8.47. The van der Waals surface area contributed by atoms with Crippen LogP contribution < -0.4 is 9.47 Å². The average Bonchev–Trinajstić information content (AvgIpc) is 3.23. The van der Waals surface area contributed by atoms with E-state index >= 15 is 0 Å². The van der Waals surface area contributed by atoms with Crippen molar-refractivity contribution in [3.8, 4) is 22.9 Å². The highest BCUT2D eigenvalue weighted by Gasteiger charge is 2.21. The molecule has 0 saturated heterocycles. The summed E-state index contributed by atoms with van der Waals surface area (Å²) in [4.78, 5) is 9.00. The molecule has 0 saturated carbocycles. The molecule has 1 aromatic heterocycles. The quantitative estimate of drug-likeness (QED) is 0.437. The van der Waals surface area contributed by atoms with Crippen LogP contribution in [0.25, 0.3) is 11.4 Å². The SMILES string of the molecule is CCOc1cc(C(=Nc2ccc(-c3noc(C)n3)cc2)C(=N)SC)cc2c1OCOC2. The average molecular weight is 439 g/mol. The molecule has 2 aromatic carbocycles. The topological polar surface area (TPSA) is 103 Å². The zero-order valence-electron chi connectivity index (χ0n) is 17.5. The van der Waals surface area contributed by atoms with E-state index in [1.165, 1.54) is 11.8 Å². The molecule has 0 unspecified atom stereocenters. The van der Waals surface area contributed by atoms with Crippen LogP contribution >= 0.6 is 11.8 Å². The van der Waals surface area contributed by atoms with Crippen LogP contribution in [0.1, 0.15) is 23.9 Å². The van der Waals surface area contributed by atoms with Crippen molar-refractivity contribution in [1.82, 2.24) is 10.1 Å². The smallest absolute Gasteiger partial charge is 0.223 e. The molecule has 0 bridgehead atoms. The standard InChI is InChI=1S/C22H22N4O4S/c1-4-28-18-10-15(9-16-11-27-12-29-20(16)18)19(21(23)31-3)25-17-7-5-14(6-8-17)22-24-13(2)30-26-22/h5-10,23H,4,11-12H2,1-3H3. The third-order valence-electron chi connectivity index (χ3n) is 4.56. The van der Waals surface area contributed by atoms with E-state index in [9.17, 15) is 0 Å². The molecule has 31 heavy (non-hydrogen) atoms. The number of hydrogen-bond acceptors (Lipinski definition) is 9. The Morgan fingerprint density at radius 3 is 2.74 bits per heavy atom. The summed E-state index contributed by atoms with van der Waals surface area (Å²) >= 11 is 1.32. The summed E-state index contributed by atoms with van der Waals surface area (Å²) in [5.74, 6) is 2.36. The lowest BCUT2D eigenvalue weighted by Crippen LogP contribution is -2.16. The molecule has 3 aromatic rings. The number of hydrogen-bond donors (Lipinski definition) is 1. The monoisotopic (exact) mass is 438 g/mol. The van der Waals surface area contributed by atoms with Crippen molar-refractivity contribution in [3.05, 3.63) is 53.4 Å². The Kier molecular flexibility index (Phi) is 6.34. The largest absolute Gasteiger partial charge is 0.490 e. The van der Waals surface area contributed by atoms with Gasteiger partial charge in [-0.15, -0.1) is 11.8 Å². The van der Waals surface area contributed by atoms with Crippen LogP contribution in [-0.2, 0) is 11.3 Å². The summed E-state index contributed by atoms with van der Waals surface area (Å²) in [6.07, 6.45) is 1.85. The number of benzene rings is 2. The first-order valence-electron chi connectivity index (χ1n) is 9.72. The molecule has 0 aliphatic carbocycles. The highest BCUT2D eigenvalue weighted by Crippen LogP contribution is 2.36. The first kappa shape index (κ1) is 21.1. The minimum atomic E-state index is 0.195. The van der Waals surface area contributed by atoms with Crippen molar-refractivity contribution in [2.24, 2.45) is 4.99 Å². The lowest BCUT2D eigenvalue weighted by Gasteiger charge is -2.22. The molecule has 0 spiro atoms. The van der Waals surface area contributed by atoms with Gasteiger partial charge in [0, 0.05) is 23.6 Å². The lowest BCUT2D eigenvalue weighted by atomic mass is 10.0. The van der Waals surface area contributed by atoms with Gasteiger partial charge in [-0.05, 0) is 49.6 Å². The first-order chi connectivity index (χ1) is 15.1. The Labute approximate surface area is 184 Å². The van der Waals surface area contributed by atoms with Gasteiger partial charge in [0.15, 0.2) is 18.3 Å². The molecule has 0 fully saturated rings. The number of ether oxygens (including phenoxy) is 3. The van der Waals surface area contributed by atoms with Crippen LogP contribution in [-0.4, -0.2) is 40.6 Å². The van der Waals surface area contributed by atoms with Crippen LogP contribution in [0.4, 0.5) is 5.69 Å². The Hall–Kier alpha value is -3.17. The molecule has 1 aliphatic heterocycles. The molecule has 2 heterocycles. The van der Waals surface area contributed by atoms with Crippen molar-refractivity contribution in [3.63, 3.8) is 0 Å². The van der Waals surface area contributed by atoms with Crippen molar-refractivity contribution in [1.29, 1.82) is 5.41 Å². The number of nitrogens with zero attached hydrogens (tertiary/aromatic N) is 3. The second kappa shape index (κ2) is 9.32. The maximum Gasteiger partial charge on any atom is 0.223 e. The minimum absolute atomic E-state index is 0.195. The molecule has 0 radical (unpaired) electrons. The normalized spacial score (nSPS) is 13.5. The van der Waals surface area contributed by atoms with E-state index in [1.54, 1.807) is 6.92 Å². The van der Waals surface area contributed by atoms with Gasteiger partial charge < -0.3 is 18.7 Å². The summed E-state index contributed by atoms with van der Waals surface area (Å²) in [5.41, 5.74) is 3.73. The molecule has 1 N–H and O–H groups in total. The highest BCUT2D eigenvalue weighted by molar-refractivity contribution is 8.15. The lowest BCUT2D eigenvalue weighted by molar-refractivity contribution is -0.0183. The molecular formula is C22H22N4O4S. The van der Waals surface area contributed by atoms with Gasteiger partial charge in [-0.1, -0.05) is 5.16 Å². The molecule has 0 amide bonds. The van der Waals surface area contributed by atoms with Crippen LogP contribution in [0.2, 0.25) is 0 Å². The van der Waals surface area contributed by atoms with Gasteiger partial charge in [0.1, 0.15) is 10.8 Å². The number of thioether (sulfide) groups is 1.